The Bertz CT molecular complexity index is 923. The monoisotopic (exact) mass is 403 g/mol. The highest BCUT2D eigenvalue weighted by molar-refractivity contribution is 7.93. The lowest BCUT2D eigenvalue weighted by Gasteiger charge is -2.38. The fraction of sp³-hybridized carbons (Fsp3) is 0.316. The summed E-state index contributed by atoms with van der Waals surface area (Å²) >= 11 is 0. The van der Waals surface area contributed by atoms with Gasteiger partial charge in [-0.05, 0) is 69.2 Å². The van der Waals surface area contributed by atoms with E-state index in [-0.39, 0.29) is 30.8 Å². The Kier molecular flexibility index (Phi) is 5.78. The van der Waals surface area contributed by atoms with E-state index in [9.17, 15) is 23.3 Å². The lowest BCUT2D eigenvalue weighted by atomic mass is 9.80. The maximum atomic E-state index is 13.2. The van der Waals surface area contributed by atoms with Crippen LogP contribution in [0.2, 0.25) is 6.82 Å². The van der Waals surface area contributed by atoms with Gasteiger partial charge < -0.3 is 19.7 Å². The maximum absolute atomic E-state index is 13.2. The van der Waals surface area contributed by atoms with Gasteiger partial charge in [0.2, 0.25) is 0 Å². The van der Waals surface area contributed by atoms with E-state index in [0.717, 1.165) is 0 Å². The smallest absolute Gasteiger partial charge is 0.376 e. The zero-order valence-electron chi connectivity index (χ0n) is 15.5. The number of ether oxygens (including phenoxy) is 1. The average Bonchev–Trinajstić information content (AvgIpc) is 2.69. The highest BCUT2D eigenvalue weighted by Crippen LogP contribution is 2.37. The van der Waals surface area contributed by atoms with Gasteiger partial charge in [-0.3, -0.25) is 4.79 Å². The Morgan fingerprint density at radius 2 is 1.57 bits per heavy atom. The van der Waals surface area contributed by atoms with Crippen LogP contribution in [0.4, 0.5) is 0 Å². The number of benzene rings is 2. The van der Waals surface area contributed by atoms with Gasteiger partial charge in [-0.25, -0.2) is 8.42 Å². The number of sulfone groups is 1. The van der Waals surface area contributed by atoms with E-state index in [1.165, 1.54) is 24.3 Å². The van der Waals surface area contributed by atoms with Gasteiger partial charge in [-0.1, -0.05) is 18.2 Å². The van der Waals surface area contributed by atoms with Crippen LogP contribution in [0.15, 0.2) is 59.5 Å². The van der Waals surface area contributed by atoms with Gasteiger partial charge >= 0.3 is 13.0 Å². The van der Waals surface area contributed by atoms with Crippen molar-refractivity contribution in [2.45, 2.75) is 29.3 Å². The summed E-state index contributed by atoms with van der Waals surface area (Å²) in [7, 11) is -4.87. The summed E-state index contributed by atoms with van der Waals surface area (Å²) in [5.74, 6) is -0.286. The lowest BCUT2D eigenvalue weighted by Crippen LogP contribution is -2.56. The minimum atomic E-state index is -4.13. The molecule has 0 radical (unpaired) electrons. The maximum Gasteiger partial charge on any atom is 0.376 e. The summed E-state index contributed by atoms with van der Waals surface area (Å²) in [5.41, 5.74) is 0. The largest absolute Gasteiger partial charge is 0.480 e. The number of carboxylic acid groups (broad SMARTS) is 1. The molecule has 0 bridgehead atoms. The Labute approximate surface area is 164 Å². The van der Waals surface area contributed by atoms with Crippen LogP contribution in [0.3, 0.4) is 0 Å². The van der Waals surface area contributed by atoms with E-state index in [2.05, 4.69) is 0 Å². The molecule has 1 fully saturated rings. The van der Waals surface area contributed by atoms with Crippen molar-refractivity contribution >= 4 is 22.9 Å². The second kappa shape index (κ2) is 7.94. The SMILES string of the molecule is CB(O)N1CCC(C(=O)O)(S(=O)(=O)c2ccc(Oc3ccccc3)cc2)CC1. The van der Waals surface area contributed by atoms with Gasteiger partial charge in [0.05, 0.1) is 4.90 Å². The predicted molar refractivity (Wildman–Crippen MR) is 105 cm³/mol. The summed E-state index contributed by atoms with van der Waals surface area (Å²) < 4.78 is 30.1. The third-order valence-corrected chi connectivity index (χ3v) is 7.66. The molecular weight excluding hydrogens is 381 g/mol. The highest BCUT2D eigenvalue weighted by atomic mass is 32.2. The van der Waals surface area contributed by atoms with Crippen LogP contribution in [-0.2, 0) is 14.6 Å². The number of rotatable bonds is 6. The molecule has 0 aliphatic carbocycles. The van der Waals surface area contributed by atoms with E-state index in [0.29, 0.717) is 11.5 Å². The molecule has 1 saturated heterocycles. The molecule has 9 heteroatoms. The van der Waals surface area contributed by atoms with Crippen molar-refractivity contribution in [2.75, 3.05) is 13.1 Å². The standard InChI is InChI=1S/C19H22BNO6S/c1-20(24)21-13-11-19(12-14-21,18(22)23)28(25,26)17-9-7-16(8-10-17)27-15-5-3-2-4-6-15/h2-10,24H,11-14H2,1H3,(H,22,23). The molecule has 0 spiro atoms. The molecular formula is C19H22BNO6S. The topological polar surface area (TPSA) is 104 Å². The molecule has 28 heavy (non-hydrogen) atoms. The van der Waals surface area contributed by atoms with Crippen LogP contribution in [0.1, 0.15) is 12.8 Å². The van der Waals surface area contributed by atoms with Gasteiger partial charge in [0.1, 0.15) is 11.5 Å². The summed E-state index contributed by atoms with van der Waals surface area (Å²) in [5, 5.41) is 19.4. The molecule has 2 aromatic carbocycles. The third-order valence-electron chi connectivity index (χ3n) is 5.15. The van der Waals surface area contributed by atoms with Crippen molar-refractivity contribution in [2.24, 2.45) is 0 Å². The van der Waals surface area contributed by atoms with Crippen LogP contribution in [-0.4, -0.2) is 54.2 Å². The summed E-state index contributed by atoms with van der Waals surface area (Å²) in [6.45, 7) is 1.96. The first-order chi connectivity index (χ1) is 13.3. The summed E-state index contributed by atoms with van der Waals surface area (Å²) in [6.07, 6.45) is -0.171. The molecule has 1 heterocycles. The summed E-state index contributed by atoms with van der Waals surface area (Å²) in [6, 6.07) is 14.8. The van der Waals surface area contributed by atoms with Crippen LogP contribution in [0.25, 0.3) is 0 Å². The summed E-state index contributed by atoms with van der Waals surface area (Å²) in [4.78, 5) is 13.6. The van der Waals surface area contributed by atoms with Gasteiger partial charge in [0.15, 0.2) is 14.6 Å². The van der Waals surface area contributed by atoms with Gasteiger partial charge in [0.25, 0.3) is 0 Å². The van der Waals surface area contributed by atoms with Crippen molar-refractivity contribution < 1.29 is 28.1 Å². The Morgan fingerprint density at radius 3 is 2.07 bits per heavy atom. The molecule has 0 saturated carbocycles. The quantitative estimate of drug-likeness (QED) is 0.713. The molecule has 3 rings (SSSR count). The molecule has 0 aromatic heterocycles. The predicted octanol–water partition coefficient (Wildman–Crippen LogP) is 2.28. The highest BCUT2D eigenvalue weighted by Gasteiger charge is 2.53. The van der Waals surface area contributed by atoms with Crippen molar-refractivity contribution in [3.8, 4) is 11.5 Å². The average molecular weight is 403 g/mol. The minimum absolute atomic E-state index is 0.0548. The Morgan fingerprint density at radius 1 is 1.04 bits per heavy atom. The van der Waals surface area contributed by atoms with E-state index >= 15 is 0 Å². The Hall–Kier alpha value is -2.36. The molecule has 2 N–H and O–H groups in total. The normalized spacial score (nSPS) is 17.1. The van der Waals surface area contributed by atoms with Gasteiger partial charge in [-0.2, -0.15) is 0 Å². The molecule has 1 aliphatic heterocycles. The zero-order chi connectivity index (χ0) is 20.4. The fourth-order valence-electron chi connectivity index (χ4n) is 3.39. The van der Waals surface area contributed by atoms with Crippen molar-refractivity contribution in [3.05, 3.63) is 54.6 Å². The van der Waals surface area contributed by atoms with Crippen molar-refractivity contribution in [1.29, 1.82) is 0 Å². The van der Waals surface area contributed by atoms with Crippen LogP contribution in [0.5, 0.6) is 11.5 Å². The number of para-hydroxylation sites is 1. The van der Waals surface area contributed by atoms with Crippen LogP contribution < -0.4 is 4.74 Å². The molecule has 2 aromatic rings. The number of carboxylic acids is 1. The second-order valence-corrected chi connectivity index (χ2v) is 9.12. The van der Waals surface area contributed by atoms with E-state index in [4.69, 9.17) is 4.74 Å². The number of aliphatic carboxylic acids is 1. The molecule has 0 amide bonds. The molecule has 0 atom stereocenters. The van der Waals surface area contributed by atoms with Gasteiger partial charge in [-0.15, -0.1) is 0 Å². The minimum Gasteiger partial charge on any atom is -0.480 e. The van der Waals surface area contributed by atoms with Crippen molar-refractivity contribution in [1.82, 2.24) is 4.81 Å². The van der Waals surface area contributed by atoms with E-state index in [1.54, 1.807) is 23.8 Å². The second-order valence-electron chi connectivity index (χ2n) is 6.86. The zero-order valence-corrected chi connectivity index (χ0v) is 16.3. The van der Waals surface area contributed by atoms with Crippen molar-refractivity contribution in [3.63, 3.8) is 0 Å². The lowest BCUT2D eigenvalue weighted by molar-refractivity contribution is -0.141. The number of hydrogen-bond acceptors (Lipinski definition) is 6. The van der Waals surface area contributed by atoms with E-state index in [1.807, 2.05) is 18.2 Å². The first-order valence-electron chi connectivity index (χ1n) is 8.99. The molecule has 0 unspecified atom stereocenters. The molecule has 7 nitrogen and oxygen atoms in total. The van der Waals surface area contributed by atoms with Gasteiger partial charge in [0, 0.05) is 0 Å². The number of nitrogens with zero attached hydrogens (tertiary/aromatic N) is 1. The van der Waals surface area contributed by atoms with E-state index < -0.39 is 27.6 Å². The first-order valence-corrected chi connectivity index (χ1v) is 10.5. The number of hydrogen-bond donors (Lipinski definition) is 2. The molecule has 1 aliphatic rings. The Balaban J connectivity index is 1.85. The number of carbonyl (C=O) groups is 1. The number of piperidine rings is 1. The first kappa shape index (κ1) is 20.4. The third kappa shape index (κ3) is 3.78. The molecule has 148 valence electrons. The fourth-order valence-corrected chi connectivity index (χ4v) is 5.29. The van der Waals surface area contributed by atoms with Crippen LogP contribution >= 0.6 is 0 Å². The van der Waals surface area contributed by atoms with Crippen LogP contribution in [0, 0.1) is 0 Å².